The van der Waals surface area contributed by atoms with Crippen molar-refractivity contribution < 1.29 is 8.42 Å². The summed E-state index contributed by atoms with van der Waals surface area (Å²) in [4.78, 5) is 9.18. The van der Waals surface area contributed by atoms with Gasteiger partial charge >= 0.3 is 0 Å². The van der Waals surface area contributed by atoms with E-state index in [0.717, 1.165) is 22.5 Å². The number of anilines is 3. The van der Waals surface area contributed by atoms with Crippen LogP contribution < -0.4 is 10.6 Å². The average molecular weight is 395 g/mol. The second kappa shape index (κ2) is 7.59. The molecular formula is C21H22N4O2S. The highest BCUT2D eigenvalue weighted by Gasteiger charge is 2.28. The van der Waals surface area contributed by atoms with Crippen LogP contribution in [0.2, 0.25) is 0 Å². The van der Waals surface area contributed by atoms with Gasteiger partial charge in [-0.05, 0) is 31.0 Å². The maximum Gasteiger partial charge on any atom is 0.225 e. The lowest BCUT2D eigenvalue weighted by atomic mass is 10.1. The number of aromatic nitrogens is 2. The lowest BCUT2D eigenvalue weighted by molar-refractivity contribution is 0.602. The van der Waals surface area contributed by atoms with Crippen molar-refractivity contribution in [3.63, 3.8) is 0 Å². The van der Waals surface area contributed by atoms with E-state index in [1.54, 1.807) is 0 Å². The van der Waals surface area contributed by atoms with Crippen LogP contribution in [-0.2, 0) is 9.84 Å². The van der Waals surface area contributed by atoms with Crippen molar-refractivity contribution in [1.29, 1.82) is 0 Å². The van der Waals surface area contributed by atoms with Gasteiger partial charge in [-0.3, -0.25) is 0 Å². The SMILES string of the molecule is Cc1cccc(Nc2cc(-c3ccccc3)nc(NC3CCS(=O)(=O)C3)n2)c1. The molecule has 0 bridgehead atoms. The van der Waals surface area contributed by atoms with Crippen molar-refractivity contribution in [2.75, 3.05) is 22.1 Å². The van der Waals surface area contributed by atoms with Gasteiger partial charge in [0.25, 0.3) is 0 Å². The molecular weight excluding hydrogens is 372 g/mol. The first-order valence-electron chi connectivity index (χ1n) is 9.22. The number of hydrogen-bond acceptors (Lipinski definition) is 6. The smallest absolute Gasteiger partial charge is 0.225 e. The molecule has 2 heterocycles. The van der Waals surface area contributed by atoms with E-state index < -0.39 is 9.84 Å². The maximum atomic E-state index is 11.8. The maximum absolute atomic E-state index is 11.8. The molecule has 0 spiro atoms. The van der Waals surface area contributed by atoms with Crippen molar-refractivity contribution in [2.24, 2.45) is 0 Å². The molecule has 1 atom stereocenters. The van der Waals surface area contributed by atoms with Crippen LogP contribution in [0.4, 0.5) is 17.5 Å². The molecule has 1 unspecified atom stereocenters. The third-order valence-electron chi connectivity index (χ3n) is 4.65. The van der Waals surface area contributed by atoms with Crippen LogP contribution in [0.5, 0.6) is 0 Å². The third kappa shape index (κ3) is 4.48. The van der Waals surface area contributed by atoms with Gasteiger partial charge in [0.1, 0.15) is 5.82 Å². The molecule has 3 aromatic rings. The van der Waals surface area contributed by atoms with Crippen LogP contribution in [-0.4, -0.2) is 35.9 Å². The minimum absolute atomic E-state index is 0.118. The fraction of sp³-hybridized carbons (Fsp3) is 0.238. The predicted octanol–water partition coefficient (Wildman–Crippen LogP) is 3.79. The summed E-state index contributed by atoms with van der Waals surface area (Å²) in [7, 11) is -2.97. The van der Waals surface area contributed by atoms with E-state index in [1.807, 2.05) is 67.6 Å². The molecule has 1 aromatic heterocycles. The molecule has 4 rings (SSSR count). The molecule has 7 heteroatoms. The standard InChI is InChI=1S/C21H22N4O2S/c1-15-6-5-9-17(12-15)22-20-13-19(16-7-3-2-4-8-16)24-21(25-20)23-18-10-11-28(26,27)14-18/h2-9,12-13,18H,10-11,14H2,1H3,(H2,22,23,24,25). The monoisotopic (exact) mass is 394 g/mol. The van der Waals surface area contributed by atoms with Crippen LogP contribution >= 0.6 is 0 Å². The van der Waals surface area contributed by atoms with Gasteiger partial charge in [-0.2, -0.15) is 4.98 Å². The summed E-state index contributed by atoms with van der Waals surface area (Å²) in [5, 5.41) is 6.53. The fourth-order valence-corrected chi connectivity index (χ4v) is 4.97. The molecule has 1 aliphatic heterocycles. The molecule has 6 nitrogen and oxygen atoms in total. The second-order valence-electron chi connectivity index (χ2n) is 7.07. The lowest BCUT2D eigenvalue weighted by Crippen LogP contribution is -2.22. The van der Waals surface area contributed by atoms with Gasteiger partial charge in [0.15, 0.2) is 9.84 Å². The fourth-order valence-electron chi connectivity index (χ4n) is 3.29. The summed E-state index contributed by atoms with van der Waals surface area (Å²) in [6.45, 7) is 2.04. The first-order valence-corrected chi connectivity index (χ1v) is 11.0. The molecule has 28 heavy (non-hydrogen) atoms. The van der Waals surface area contributed by atoms with Gasteiger partial charge in [0.05, 0.1) is 17.2 Å². The Hall–Kier alpha value is -2.93. The zero-order chi connectivity index (χ0) is 19.6. The molecule has 0 aliphatic carbocycles. The Morgan fingerprint density at radius 1 is 1.00 bits per heavy atom. The topological polar surface area (TPSA) is 84.0 Å². The van der Waals surface area contributed by atoms with Crippen LogP contribution in [0.15, 0.2) is 60.7 Å². The first kappa shape index (κ1) is 18.4. The Labute approximate surface area is 165 Å². The largest absolute Gasteiger partial charge is 0.350 e. The van der Waals surface area contributed by atoms with Crippen LogP contribution in [0.1, 0.15) is 12.0 Å². The predicted molar refractivity (Wildman–Crippen MR) is 113 cm³/mol. The minimum atomic E-state index is -2.97. The average Bonchev–Trinajstić information content (AvgIpc) is 3.00. The molecule has 1 fully saturated rings. The van der Waals surface area contributed by atoms with Crippen LogP contribution in [0.25, 0.3) is 11.3 Å². The van der Waals surface area contributed by atoms with Crippen molar-refractivity contribution in [3.05, 3.63) is 66.2 Å². The Balaban J connectivity index is 1.67. The van der Waals surface area contributed by atoms with Gasteiger partial charge < -0.3 is 10.6 Å². The molecule has 1 aliphatic rings. The van der Waals surface area contributed by atoms with Gasteiger partial charge in [-0.1, -0.05) is 42.5 Å². The molecule has 0 amide bonds. The number of hydrogen-bond donors (Lipinski definition) is 2. The summed E-state index contributed by atoms with van der Waals surface area (Å²) < 4.78 is 23.5. The van der Waals surface area contributed by atoms with Crippen LogP contribution in [0, 0.1) is 6.92 Å². The number of nitrogens with one attached hydrogen (secondary N) is 2. The molecule has 0 saturated carbocycles. The van der Waals surface area contributed by atoms with E-state index in [1.165, 1.54) is 0 Å². The quantitative estimate of drug-likeness (QED) is 0.685. The highest BCUT2D eigenvalue weighted by atomic mass is 32.2. The van der Waals surface area contributed by atoms with Gasteiger partial charge in [-0.25, -0.2) is 13.4 Å². The van der Waals surface area contributed by atoms with E-state index in [9.17, 15) is 8.42 Å². The van der Waals surface area contributed by atoms with Gasteiger partial charge in [0, 0.05) is 23.4 Å². The number of sulfone groups is 1. The summed E-state index contributed by atoms with van der Waals surface area (Å²) >= 11 is 0. The van der Waals surface area contributed by atoms with E-state index >= 15 is 0 Å². The summed E-state index contributed by atoms with van der Waals surface area (Å²) in [6.07, 6.45) is 0.571. The number of benzene rings is 2. The minimum Gasteiger partial charge on any atom is -0.350 e. The number of aryl methyl sites for hydroxylation is 1. The Morgan fingerprint density at radius 3 is 2.54 bits per heavy atom. The molecule has 0 radical (unpaired) electrons. The zero-order valence-electron chi connectivity index (χ0n) is 15.6. The highest BCUT2D eigenvalue weighted by molar-refractivity contribution is 7.91. The Bertz CT molecular complexity index is 1080. The second-order valence-corrected chi connectivity index (χ2v) is 9.30. The van der Waals surface area contributed by atoms with E-state index in [0.29, 0.717) is 18.2 Å². The summed E-state index contributed by atoms with van der Waals surface area (Å²) in [5.74, 6) is 1.41. The first-order chi connectivity index (χ1) is 13.5. The molecule has 2 aromatic carbocycles. The Kier molecular flexibility index (Phi) is 5.00. The third-order valence-corrected chi connectivity index (χ3v) is 6.42. The van der Waals surface area contributed by atoms with Crippen LogP contribution in [0.3, 0.4) is 0 Å². The van der Waals surface area contributed by atoms with Gasteiger partial charge in [0.2, 0.25) is 5.95 Å². The van der Waals surface area contributed by atoms with Crippen molar-refractivity contribution in [1.82, 2.24) is 9.97 Å². The van der Waals surface area contributed by atoms with Crippen molar-refractivity contribution in [2.45, 2.75) is 19.4 Å². The normalized spacial score (nSPS) is 18.0. The number of nitrogens with zero attached hydrogens (tertiary/aromatic N) is 2. The lowest BCUT2D eigenvalue weighted by Gasteiger charge is -2.14. The van der Waals surface area contributed by atoms with Crippen molar-refractivity contribution >= 4 is 27.3 Å². The highest BCUT2D eigenvalue weighted by Crippen LogP contribution is 2.25. The summed E-state index contributed by atoms with van der Waals surface area (Å²) in [5.41, 5.74) is 3.83. The Morgan fingerprint density at radius 2 is 1.82 bits per heavy atom. The summed E-state index contributed by atoms with van der Waals surface area (Å²) in [6, 6.07) is 19.6. The molecule has 144 valence electrons. The van der Waals surface area contributed by atoms with Crippen molar-refractivity contribution in [3.8, 4) is 11.3 Å². The van der Waals surface area contributed by atoms with Gasteiger partial charge in [-0.15, -0.1) is 0 Å². The molecule has 2 N–H and O–H groups in total. The van der Waals surface area contributed by atoms with E-state index in [-0.39, 0.29) is 17.5 Å². The number of rotatable bonds is 5. The zero-order valence-corrected chi connectivity index (χ0v) is 16.4. The van der Waals surface area contributed by atoms with E-state index in [4.69, 9.17) is 0 Å². The van der Waals surface area contributed by atoms with E-state index in [2.05, 4.69) is 20.6 Å². The molecule has 1 saturated heterocycles.